The first-order chi connectivity index (χ1) is 7.54. The lowest BCUT2D eigenvalue weighted by atomic mass is 10.2. The summed E-state index contributed by atoms with van der Waals surface area (Å²) in [5.74, 6) is -9.85. The largest absolute Gasteiger partial charge is 0.244 e. The van der Waals surface area contributed by atoms with Crippen molar-refractivity contribution < 1.29 is 22.0 Å². The van der Waals surface area contributed by atoms with Crippen LogP contribution in [0.25, 0.3) is 10.6 Å². The molecule has 0 aliphatic heterocycles. The Morgan fingerprint density at radius 2 is 1.31 bits per heavy atom. The summed E-state index contributed by atoms with van der Waals surface area (Å²) < 4.78 is 64.7. The summed E-state index contributed by atoms with van der Waals surface area (Å²) in [6.07, 6.45) is 1.21. The van der Waals surface area contributed by atoms with E-state index in [1.165, 1.54) is 11.6 Å². The van der Waals surface area contributed by atoms with Crippen LogP contribution in [0.4, 0.5) is 22.0 Å². The van der Waals surface area contributed by atoms with Gasteiger partial charge in [-0.2, -0.15) is 0 Å². The number of nitrogens with zero attached hydrogens (tertiary/aromatic N) is 1. The summed E-state index contributed by atoms with van der Waals surface area (Å²) in [6, 6.07) is 0. The van der Waals surface area contributed by atoms with Crippen molar-refractivity contribution in [3.05, 3.63) is 40.7 Å². The Balaban J connectivity index is 2.81. The highest BCUT2D eigenvalue weighted by Gasteiger charge is 2.27. The third-order valence-corrected chi connectivity index (χ3v) is 2.65. The van der Waals surface area contributed by atoms with Crippen LogP contribution in [0.1, 0.15) is 0 Å². The molecule has 0 saturated carbocycles. The molecular formula is C9H2F5NS. The summed E-state index contributed by atoms with van der Waals surface area (Å²) in [4.78, 5) is 3.50. The molecule has 0 aliphatic carbocycles. The van der Waals surface area contributed by atoms with Gasteiger partial charge in [-0.3, -0.25) is 0 Å². The number of benzene rings is 1. The maximum Gasteiger partial charge on any atom is 0.200 e. The molecule has 0 amide bonds. The van der Waals surface area contributed by atoms with Crippen LogP contribution in [0.5, 0.6) is 0 Å². The molecule has 7 heteroatoms. The Hall–Kier alpha value is -1.50. The molecule has 0 spiro atoms. The fourth-order valence-corrected chi connectivity index (χ4v) is 1.81. The Morgan fingerprint density at radius 1 is 0.812 bits per heavy atom. The van der Waals surface area contributed by atoms with Gasteiger partial charge >= 0.3 is 0 Å². The van der Waals surface area contributed by atoms with Gasteiger partial charge in [-0.25, -0.2) is 26.9 Å². The van der Waals surface area contributed by atoms with Gasteiger partial charge in [0.1, 0.15) is 5.01 Å². The maximum atomic E-state index is 13.2. The Kier molecular flexibility index (Phi) is 2.63. The number of thiazole rings is 1. The Morgan fingerprint density at radius 3 is 1.75 bits per heavy atom. The zero-order chi connectivity index (χ0) is 11.9. The minimum Gasteiger partial charge on any atom is -0.244 e. The first-order valence-electron chi connectivity index (χ1n) is 3.95. The van der Waals surface area contributed by atoms with Crippen molar-refractivity contribution in [1.82, 2.24) is 4.98 Å². The molecule has 16 heavy (non-hydrogen) atoms. The molecule has 1 aromatic heterocycles. The predicted molar refractivity (Wildman–Crippen MR) is 47.3 cm³/mol. The molecule has 0 N–H and O–H groups in total. The van der Waals surface area contributed by atoms with E-state index in [-0.39, 0.29) is 5.01 Å². The number of halogens is 5. The van der Waals surface area contributed by atoms with Gasteiger partial charge in [0.25, 0.3) is 0 Å². The van der Waals surface area contributed by atoms with Gasteiger partial charge in [0.2, 0.25) is 5.82 Å². The number of hydrogen-bond acceptors (Lipinski definition) is 2. The molecular weight excluding hydrogens is 249 g/mol. The fourth-order valence-electron chi connectivity index (χ4n) is 1.14. The topological polar surface area (TPSA) is 12.9 Å². The van der Waals surface area contributed by atoms with Crippen LogP contribution in [0.3, 0.4) is 0 Å². The standard InChI is InChI=1S/C9H2F5NS/c10-4-3(9-15-1-2-16-9)5(11)7(13)8(14)6(4)12/h1-2H. The highest BCUT2D eigenvalue weighted by Crippen LogP contribution is 2.32. The van der Waals surface area contributed by atoms with E-state index in [1.54, 1.807) is 0 Å². The summed E-state index contributed by atoms with van der Waals surface area (Å²) in [5.41, 5.74) is -0.994. The van der Waals surface area contributed by atoms with Gasteiger partial charge in [-0.15, -0.1) is 11.3 Å². The van der Waals surface area contributed by atoms with Crippen molar-refractivity contribution in [2.45, 2.75) is 0 Å². The zero-order valence-corrected chi connectivity index (χ0v) is 8.22. The first kappa shape index (κ1) is 11.0. The lowest BCUT2D eigenvalue weighted by Crippen LogP contribution is -2.03. The minimum atomic E-state index is -2.17. The quantitative estimate of drug-likeness (QED) is 0.429. The van der Waals surface area contributed by atoms with Crippen LogP contribution < -0.4 is 0 Å². The average molecular weight is 251 g/mol. The second-order valence-corrected chi connectivity index (χ2v) is 3.68. The molecule has 0 bridgehead atoms. The minimum absolute atomic E-state index is 0.257. The summed E-state index contributed by atoms with van der Waals surface area (Å²) in [5, 5.41) is 1.11. The van der Waals surface area contributed by atoms with Crippen LogP contribution >= 0.6 is 11.3 Å². The van der Waals surface area contributed by atoms with Crippen molar-refractivity contribution in [2.75, 3.05) is 0 Å². The monoisotopic (exact) mass is 251 g/mol. The van der Waals surface area contributed by atoms with E-state index < -0.39 is 34.6 Å². The molecule has 1 aromatic carbocycles. The van der Waals surface area contributed by atoms with Crippen molar-refractivity contribution in [1.29, 1.82) is 0 Å². The van der Waals surface area contributed by atoms with Gasteiger partial charge in [-0.1, -0.05) is 0 Å². The van der Waals surface area contributed by atoms with Crippen molar-refractivity contribution in [3.63, 3.8) is 0 Å². The third kappa shape index (κ3) is 1.47. The lowest BCUT2D eigenvalue weighted by Gasteiger charge is -2.04. The van der Waals surface area contributed by atoms with Crippen molar-refractivity contribution in [2.24, 2.45) is 0 Å². The smallest absolute Gasteiger partial charge is 0.200 e. The average Bonchev–Trinajstić information content (AvgIpc) is 2.77. The molecule has 1 heterocycles. The summed E-state index contributed by atoms with van der Waals surface area (Å²) in [6.45, 7) is 0. The molecule has 0 atom stereocenters. The fraction of sp³-hybridized carbons (Fsp3) is 0. The molecule has 0 radical (unpaired) electrons. The first-order valence-corrected chi connectivity index (χ1v) is 4.83. The second-order valence-electron chi connectivity index (χ2n) is 2.78. The molecule has 0 fully saturated rings. The van der Waals surface area contributed by atoms with E-state index in [0.29, 0.717) is 0 Å². The van der Waals surface area contributed by atoms with Crippen LogP contribution in [-0.4, -0.2) is 4.98 Å². The molecule has 2 rings (SSSR count). The SMILES string of the molecule is Fc1c(F)c(F)c(-c2nccs2)c(F)c1F. The predicted octanol–water partition coefficient (Wildman–Crippen LogP) is 3.51. The van der Waals surface area contributed by atoms with Gasteiger partial charge in [0.05, 0.1) is 5.56 Å². The Labute approximate surface area is 90.2 Å². The van der Waals surface area contributed by atoms with Gasteiger partial charge < -0.3 is 0 Å². The normalized spacial score (nSPS) is 10.8. The van der Waals surface area contributed by atoms with E-state index in [9.17, 15) is 22.0 Å². The molecule has 0 aliphatic rings. The van der Waals surface area contributed by atoms with Crippen LogP contribution in [0.15, 0.2) is 11.6 Å². The van der Waals surface area contributed by atoms with Crippen molar-refractivity contribution >= 4 is 11.3 Å². The van der Waals surface area contributed by atoms with Crippen molar-refractivity contribution in [3.8, 4) is 10.6 Å². The van der Waals surface area contributed by atoms with E-state index in [0.717, 1.165) is 11.3 Å². The number of hydrogen-bond donors (Lipinski definition) is 0. The molecule has 1 nitrogen and oxygen atoms in total. The van der Waals surface area contributed by atoms with Gasteiger partial charge in [0, 0.05) is 11.6 Å². The van der Waals surface area contributed by atoms with E-state index >= 15 is 0 Å². The Bertz CT molecular complexity index is 508. The molecule has 2 aromatic rings. The highest BCUT2D eigenvalue weighted by molar-refractivity contribution is 7.13. The van der Waals surface area contributed by atoms with E-state index in [4.69, 9.17) is 0 Å². The number of rotatable bonds is 1. The van der Waals surface area contributed by atoms with Crippen LogP contribution in [0.2, 0.25) is 0 Å². The summed E-state index contributed by atoms with van der Waals surface area (Å²) in [7, 11) is 0. The van der Waals surface area contributed by atoms with Gasteiger partial charge in [-0.05, 0) is 0 Å². The third-order valence-electron chi connectivity index (χ3n) is 1.86. The lowest BCUT2D eigenvalue weighted by molar-refractivity contribution is 0.381. The van der Waals surface area contributed by atoms with E-state index in [1.807, 2.05) is 0 Å². The van der Waals surface area contributed by atoms with Crippen LogP contribution in [-0.2, 0) is 0 Å². The summed E-state index contributed by atoms with van der Waals surface area (Å²) >= 11 is 0.781. The molecule has 0 unspecified atom stereocenters. The zero-order valence-electron chi connectivity index (χ0n) is 7.40. The van der Waals surface area contributed by atoms with Gasteiger partial charge in [0.15, 0.2) is 23.3 Å². The molecule has 0 saturated heterocycles. The van der Waals surface area contributed by atoms with Crippen LogP contribution in [0, 0.1) is 29.1 Å². The second kappa shape index (κ2) is 3.82. The molecule has 84 valence electrons. The maximum absolute atomic E-state index is 13.2. The highest BCUT2D eigenvalue weighted by atomic mass is 32.1. The number of aromatic nitrogens is 1. The van der Waals surface area contributed by atoms with E-state index in [2.05, 4.69) is 4.98 Å².